The van der Waals surface area contributed by atoms with Gasteiger partial charge in [0.2, 0.25) is 0 Å². The standard InChI is InChI=1S/C11H21N/c1-8(2)9-7-10(3,4)11(5,6)12-9/h8H,7H2,1-6H3. The van der Waals surface area contributed by atoms with E-state index in [0.29, 0.717) is 11.3 Å². The first-order valence-corrected chi connectivity index (χ1v) is 4.85. The molecule has 1 heteroatoms. The molecule has 0 atom stereocenters. The lowest BCUT2D eigenvalue weighted by molar-refractivity contribution is 0.238. The van der Waals surface area contributed by atoms with Gasteiger partial charge >= 0.3 is 0 Å². The van der Waals surface area contributed by atoms with Crippen molar-refractivity contribution < 1.29 is 0 Å². The fourth-order valence-electron chi connectivity index (χ4n) is 1.55. The molecule has 0 spiro atoms. The lowest BCUT2D eigenvalue weighted by atomic mass is 9.74. The van der Waals surface area contributed by atoms with Crippen molar-refractivity contribution in [3.8, 4) is 0 Å². The normalized spacial score (nSPS) is 26.1. The van der Waals surface area contributed by atoms with Gasteiger partial charge in [0, 0.05) is 5.71 Å². The minimum absolute atomic E-state index is 0.132. The molecule has 1 nitrogen and oxygen atoms in total. The molecule has 12 heavy (non-hydrogen) atoms. The molecule has 1 aliphatic rings. The fourth-order valence-corrected chi connectivity index (χ4v) is 1.55. The van der Waals surface area contributed by atoms with Crippen molar-refractivity contribution in [3.05, 3.63) is 0 Å². The number of rotatable bonds is 1. The highest BCUT2D eigenvalue weighted by Gasteiger charge is 2.43. The molecule has 0 fully saturated rings. The van der Waals surface area contributed by atoms with Gasteiger partial charge in [-0.2, -0.15) is 0 Å². The average molecular weight is 167 g/mol. The Bertz CT molecular complexity index is 209. The Kier molecular flexibility index (Phi) is 2.10. The maximum atomic E-state index is 4.79. The van der Waals surface area contributed by atoms with Gasteiger partial charge in [0.1, 0.15) is 0 Å². The number of hydrogen-bond acceptors (Lipinski definition) is 1. The molecular weight excluding hydrogens is 146 g/mol. The number of nitrogens with zero attached hydrogens (tertiary/aromatic N) is 1. The lowest BCUT2D eigenvalue weighted by Gasteiger charge is -2.32. The summed E-state index contributed by atoms with van der Waals surface area (Å²) in [4.78, 5) is 4.79. The van der Waals surface area contributed by atoms with E-state index in [1.165, 1.54) is 5.71 Å². The van der Waals surface area contributed by atoms with Crippen LogP contribution >= 0.6 is 0 Å². The molecule has 70 valence electrons. The van der Waals surface area contributed by atoms with Gasteiger partial charge in [-0.1, -0.05) is 27.7 Å². The predicted molar refractivity (Wildman–Crippen MR) is 54.8 cm³/mol. The zero-order valence-electron chi connectivity index (χ0n) is 9.23. The molecule has 1 aliphatic heterocycles. The Morgan fingerprint density at radius 1 is 1.17 bits per heavy atom. The smallest absolute Gasteiger partial charge is 0.0605 e. The van der Waals surface area contributed by atoms with Crippen molar-refractivity contribution in [2.75, 3.05) is 0 Å². The van der Waals surface area contributed by atoms with Gasteiger partial charge in [-0.3, -0.25) is 4.99 Å². The number of aliphatic imine (C=N–C) groups is 1. The Morgan fingerprint density at radius 2 is 1.67 bits per heavy atom. The molecule has 1 rings (SSSR count). The summed E-state index contributed by atoms with van der Waals surface area (Å²) in [6.45, 7) is 13.6. The van der Waals surface area contributed by atoms with E-state index in [-0.39, 0.29) is 5.54 Å². The summed E-state index contributed by atoms with van der Waals surface area (Å²) in [5.74, 6) is 0.617. The van der Waals surface area contributed by atoms with Crippen LogP contribution in [-0.4, -0.2) is 11.3 Å². The van der Waals surface area contributed by atoms with Crippen LogP contribution in [0, 0.1) is 11.3 Å². The first-order chi connectivity index (χ1) is 5.26. The second-order valence-corrected chi connectivity index (χ2v) is 5.38. The van der Waals surface area contributed by atoms with Crippen molar-refractivity contribution in [1.29, 1.82) is 0 Å². The molecule has 0 aromatic heterocycles. The minimum atomic E-state index is 0.132. The lowest BCUT2D eigenvalue weighted by Crippen LogP contribution is -2.32. The molecule has 0 amide bonds. The van der Waals surface area contributed by atoms with E-state index in [1.54, 1.807) is 0 Å². The molecule has 0 radical (unpaired) electrons. The summed E-state index contributed by atoms with van der Waals surface area (Å²) < 4.78 is 0. The van der Waals surface area contributed by atoms with E-state index in [2.05, 4.69) is 41.5 Å². The molecule has 0 unspecified atom stereocenters. The van der Waals surface area contributed by atoms with Gasteiger partial charge in [-0.05, 0) is 31.6 Å². The van der Waals surface area contributed by atoms with Crippen LogP contribution in [0.4, 0.5) is 0 Å². The Labute approximate surface area is 76.3 Å². The van der Waals surface area contributed by atoms with Crippen LogP contribution in [0.2, 0.25) is 0 Å². The van der Waals surface area contributed by atoms with E-state index in [0.717, 1.165) is 6.42 Å². The highest BCUT2D eigenvalue weighted by atomic mass is 14.9. The molecule has 0 N–H and O–H groups in total. The summed E-state index contributed by atoms with van der Waals surface area (Å²) >= 11 is 0. The topological polar surface area (TPSA) is 12.4 Å². The van der Waals surface area contributed by atoms with Crippen LogP contribution in [0.5, 0.6) is 0 Å². The van der Waals surface area contributed by atoms with Crippen LogP contribution in [0.25, 0.3) is 0 Å². The monoisotopic (exact) mass is 167 g/mol. The van der Waals surface area contributed by atoms with Crippen molar-refractivity contribution in [2.45, 2.75) is 53.5 Å². The third kappa shape index (κ3) is 1.41. The molecule has 0 bridgehead atoms. The minimum Gasteiger partial charge on any atom is -0.287 e. The highest BCUT2D eigenvalue weighted by molar-refractivity contribution is 5.89. The van der Waals surface area contributed by atoms with Gasteiger partial charge in [-0.15, -0.1) is 0 Å². The Balaban J connectivity index is 2.90. The van der Waals surface area contributed by atoms with Gasteiger partial charge in [0.15, 0.2) is 0 Å². The predicted octanol–water partition coefficient (Wildman–Crippen LogP) is 3.29. The zero-order valence-corrected chi connectivity index (χ0v) is 9.23. The maximum Gasteiger partial charge on any atom is 0.0605 e. The molecule has 0 aromatic carbocycles. The quantitative estimate of drug-likeness (QED) is 0.568. The molecule has 0 saturated heterocycles. The van der Waals surface area contributed by atoms with E-state index in [4.69, 9.17) is 4.99 Å². The first-order valence-electron chi connectivity index (χ1n) is 4.85. The van der Waals surface area contributed by atoms with Gasteiger partial charge in [-0.25, -0.2) is 0 Å². The third-order valence-electron chi connectivity index (χ3n) is 3.37. The van der Waals surface area contributed by atoms with Crippen LogP contribution in [-0.2, 0) is 0 Å². The van der Waals surface area contributed by atoms with Crippen LogP contribution < -0.4 is 0 Å². The Morgan fingerprint density at radius 3 is 1.83 bits per heavy atom. The largest absolute Gasteiger partial charge is 0.287 e. The van der Waals surface area contributed by atoms with Crippen molar-refractivity contribution in [1.82, 2.24) is 0 Å². The zero-order chi connectivity index (χ0) is 9.57. The van der Waals surface area contributed by atoms with Crippen molar-refractivity contribution in [3.63, 3.8) is 0 Å². The summed E-state index contributed by atoms with van der Waals surface area (Å²) in [7, 11) is 0. The van der Waals surface area contributed by atoms with Crippen molar-refractivity contribution in [2.24, 2.45) is 16.3 Å². The van der Waals surface area contributed by atoms with Crippen LogP contribution in [0.3, 0.4) is 0 Å². The molecule has 1 heterocycles. The van der Waals surface area contributed by atoms with Gasteiger partial charge in [0.25, 0.3) is 0 Å². The SMILES string of the molecule is CC(C)C1=NC(C)(C)C(C)(C)C1. The fraction of sp³-hybridized carbons (Fsp3) is 0.909. The molecule has 0 aromatic rings. The molecule has 0 saturated carbocycles. The van der Waals surface area contributed by atoms with E-state index >= 15 is 0 Å². The van der Waals surface area contributed by atoms with E-state index in [9.17, 15) is 0 Å². The highest BCUT2D eigenvalue weighted by Crippen LogP contribution is 2.43. The summed E-state index contributed by atoms with van der Waals surface area (Å²) in [6, 6.07) is 0. The maximum absolute atomic E-state index is 4.79. The number of hydrogen-bond donors (Lipinski definition) is 0. The summed E-state index contributed by atoms with van der Waals surface area (Å²) in [5.41, 5.74) is 1.86. The van der Waals surface area contributed by atoms with Crippen LogP contribution in [0.1, 0.15) is 48.0 Å². The van der Waals surface area contributed by atoms with Gasteiger partial charge < -0.3 is 0 Å². The Hall–Kier alpha value is -0.330. The second-order valence-electron chi connectivity index (χ2n) is 5.38. The average Bonchev–Trinajstić information content (AvgIpc) is 2.03. The van der Waals surface area contributed by atoms with Crippen LogP contribution in [0.15, 0.2) is 4.99 Å². The first kappa shape index (κ1) is 9.76. The second kappa shape index (κ2) is 2.58. The third-order valence-corrected chi connectivity index (χ3v) is 3.37. The summed E-state index contributed by atoms with van der Waals surface area (Å²) in [5, 5.41) is 0. The molecular formula is C11H21N. The van der Waals surface area contributed by atoms with E-state index in [1.807, 2.05) is 0 Å². The van der Waals surface area contributed by atoms with E-state index < -0.39 is 0 Å². The van der Waals surface area contributed by atoms with Crippen molar-refractivity contribution >= 4 is 5.71 Å². The summed E-state index contributed by atoms with van der Waals surface area (Å²) in [6.07, 6.45) is 1.16. The van der Waals surface area contributed by atoms with Gasteiger partial charge in [0.05, 0.1) is 5.54 Å². The molecule has 0 aliphatic carbocycles.